The Morgan fingerprint density at radius 3 is 2.67 bits per heavy atom. The van der Waals surface area contributed by atoms with Gasteiger partial charge in [-0.15, -0.1) is 0 Å². The van der Waals surface area contributed by atoms with Crippen molar-refractivity contribution in [1.82, 2.24) is 4.90 Å². The molecule has 0 amide bonds. The van der Waals surface area contributed by atoms with E-state index in [2.05, 4.69) is 17.0 Å². The van der Waals surface area contributed by atoms with E-state index in [1.165, 1.54) is 18.4 Å². The van der Waals surface area contributed by atoms with Crippen LogP contribution in [0.3, 0.4) is 0 Å². The minimum Gasteiger partial charge on any atom is -0.497 e. The van der Waals surface area contributed by atoms with Gasteiger partial charge in [0.2, 0.25) is 0 Å². The zero-order chi connectivity index (χ0) is 14.8. The van der Waals surface area contributed by atoms with Gasteiger partial charge in [0, 0.05) is 25.6 Å². The lowest BCUT2D eigenvalue weighted by Crippen LogP contribution is -2.51. The van der Waals surface area contributed by atoms with Crippen LogP contribution in [0.1, 0.15) is 31.2 Å². The molecule has 1 saturated carbocycles. The van der Waals surface area contributed by atoms with Crippen molar-refractivity contribution in [2.24, 2.45) is 11.8 Å². The van der Waals surface area contributed by atoms with Gasteiger partial charge < -0.3 is 9.84 Å². The number of hydrogen-bond acceptors (Lipinski definition) is 3. The lowest BCUT2D eigenvalue weighted by molar-refractivity contribution is -0.140. The number of aliphatic carboxylic acids is 1. The van der Waals surface area contributed by atoms with Gasteiger partial charge >= 0.3 is 5.97 Å². The van der Waals surface area contributed by atoms with Gasteiger partial charge in [-0.1, -0.05) is 12.1 Å². The van der Waals surface area contributed by atoms with Gasteiger partial charge in [0.05, 0.1) is 7.11 Å². The van der Waals surface area contributed by atoms with Gasteiger partial charge in [-0.2, -0.15) is 0 Å². The molecule has 0 aromatic heterocycles. The van der Waals surface area contributed by atoms with Crippen LogP contribution >= 0.6 is 0 Å². The van der Waals surface area contributed by atoms with Crippen molar-refractivity contribution in [3.8, 4) is 5.75 Å². The minimum atomic E-state index is -0.644. The largest absolute Gasteiger partial charge is 0.497 e. The topological polar surface area (TPSA) is 49.8 Å². The Kier molecular flexibility index (Phi) is 4.15. The molecule has 1 aromatic rings. The van der Waals surface area contributed by atoms with Crippen LogP contribution in [0.15, 0.2) is 24.3 Å². The molecule has 3 unspecified atom stereocenters. The summed E-state index contributed by atoms with van der Waals surface area (Å²) in [4.78, 5) is 13.5. The van der Waals surface area contributed by atoms with E-state index in [1.807, 2.05) is 12.1 Å². The number of piperidine rings is 2. The molecule has 0 spiro atoms. The number of fused-ring (bicyclic) bond motifs is 3. The minimum absolute atomic E-state index is 0.345. The molecule has 0 radical (unpaired) electrons. The summed E-state index contributed by atoms with van der Waals surface area (Å²) in [7, 11) is 1.68. The lowest BCUT2D eigenvalue weighted by atomic mass is 9.70. The van der Waals surface area contributed by atoms with Crippen LogP contribution in [-0.4, -0.2) is 35.7 Å². The Morgan fingerprint density at radius 2 is 2.10 bits per heavy atom. The number of hydrogen-bond donors (Lipinski definition) is 1. The van der Waals surface area contributed by atoms with E-state index >= 15 is 0 Å². The normalized spacial score (nSPS) is 28.5. The van der Waals surface area contributed by atoms with Gasteiger partial charge in [-0.3, -0.25) is 9.69 Å². The Bertz CT molecular complexity index is 499. The number of rotatable bonds is 5. The Balaban J connectivity index is 1.62. The van der Waals surface area contributed by atoms with E-state index in [9.17, 15) is 4.79 Å². The van der Waals surface area contributed by atoms with E-state index in [0.29, 0.717) is 24.3 Å². The number of ether oxygens (including phenoxy) is 1. The van der Waals surface area contributed by atoms with Crippen molar-refractivity contribution in [2.75, 3.05) is 13.7 Å². The maximum absolute atomic E-state index is 11.0. The lowest BCUT2D eigenvalue weighted by Gasteiger charge is -2.49. The number of methoxy groups -OCH3 is 1. The predicted molar refractivity (Wildman–Crippen MR) is 80.3 cm³/mol. The maximum Gasteiger partial charge on any atom is 0.303 e. The highest BCUT2D eigenvalue weighted by molar-refractivity contribution is 5.67. The van der Waals surface area contributed by atoms with Crippen LogP contribution in [-0.2, 0) is 11.3 Å². The van der Waals surface area contributed by atoms with E-state index in [1.54, 1.807) is 7.11 Å². The molecule has 114 valence electrons. The molecular weight excluding hydrogens is 266 g/mol. The number of carbonyl (C=O) groups is 1. The van der Waals surface area contributed by atoms with E-state index in [4.69, 9.17) is 9.84 Å². The molecule has 2 saturated heterocycles. The SMILES string of the molecule is COc1ccc(CN2CC3CCC2CC3CC(=O)O)cc1. The summed E-state index contributed by atoms with van der Waals surface area (Å²) in [6, 6.07) is 8.81. The van der Waals surface area contributed by atoms with Crippen molar-refractivity contribution < 1.29 is 14.6 Å². The van der Waals surface area contributed by atoms with Gasteiger partial charge in [0.25, 0.3) is 0 Å². The molecule has 3 fully saturated rings. The fourth-order valence-corrected chi connectivity index (χ4v) is 3.96. The quantitative estimate of drug-likeness (QED) is 0.905. The van der Waals surface area contributed by atoms with Crippen molar-refractivity contribution in [3.05, 3.63) is 29.8 Å². The number of nitrogens with zero attached hydrogens (tertiary/aromatic N) is 1. The highest BCUT2D eigenvalue weighted by Crippen LogP contribution is 2.41. The molecule has 1 aliphatic carbocycles. The predicted octanol–water partition coefficient (Wildman–Crippen LogP) is 2.77. The van der Waals surface area contributed by atoms with Gasteiger partial charge in [-0.25, -0.2) is 0 Å². The molecule has 21 heavy (non-hydrogen) atoms. The second-order valence-corrected chi connectivity index (χ2v) is 6.36. The van der Waals surface area contributed by atoms with Gasteiger partial charge in [0.1, 0.15) is 5.75 Å². The van der Waals surface area contributed by atoms with Gasteiger partial charge in [0.15, 0.2) is 0 Å². The van der Waals surface area contributed by atoms with Crippen LogP contribution in [0.5, 0.6) is 5.75 Å². The standard InChI is InChI=1S/C17H23NO3/c1-21-16-6-2-12(3-7-16)10-18-11-13-4-5-15(18)8-14(13)9-17(19)20/h2-3,6-7,13-15H,4-5,8-11H2,1H3,(H,19,20). The number of carboxylic acid groups (broad SMARTS) is 1. The Morgan fingerprint density at radius 1 is 1.33 bits per heavy atom. The number of benzene rings is 1. The highest BCUT2D eigenvalue weighted by atomic mass is 16.5. The van der Waals surface area contributed by atoms with E-state index in [0.717, 1.165) is 25.3 Å². The molecule has 3 atom stereocenters. The van der Waals surface area contributed by atoms with Crippen molar-refractivity contribution in [2.45, 2.75) is 38.3 Å². The molecule has 2 aliphatic heterocycles. The first-order valence-corrected chi connectivity index (χ1v) is 7.74. The van der Waals surface area contributed by atoms with Crippen LogP contribution in [0.2, 0.25) is 0 Å². The van der Waals surface area contributed by atoms with Crippen LogP contribution in [0, 0.1) is 11.8 Å². The summed E-state index contributed by atoms with van der Waals surface area (Å²) in [6.45, 7) is 2.01. The van der Waals surface area contributed by atoms with Crippen LogP contribution in [0.25, 0.3) is 0 Å². The monoisotopic (exact) mass is 289 g/mol. The smallest absolute Gasteiger partial charge is 0.303 e. The first-order valence-electron chi connectivity index (χ1n) is 7.74. The maximum atomic E-state index is 11.0. The molecule has 3 aliphatic rings. The third-order valence-electron chi connectivity index (χ3n) is 5.08. The third kappa shape index (κ3) is 3.21. The average molecular weight is 289 g/mol. The summed E-state index contributed by atoms with van der Waals surface area (Å²) >= 11 is 0. The zero-order valence-electron chi connectivity index (χ0n) is 12.5. The first kappa shape index (κ1) is 14.4. The summed E-state index contributed by atoms with van der Waals surface area (Å²) in [5, 5.41) is 9.02. The molecule has 4 nitrogen and oxygen atoms in total. The summed E-state index contributed by atoms with van der Waals surface area (Å²) in [6.07, 6.45) is 3.81. The fraction of sp³-hybridized carbons (Fsp3) is 0.588. The van der Waals surface area contributed by atoms with Crippen LogP contribution < -0.4 is 4.74 Å². The molecule has 1 aromatic carbocycles. The van der Waals surface area contributed by atoms with E-state index in [-0.39, 0.29) is 0 Å². The highest BCUT2D eigenvalue weighted by Gasteiger charge is 2.40. The van der Waals surface area contributed by atoms with Crippen LogP contribution in [0.4, 0.5) is 0 Å². The second-order valence-electron chi connectivity index (χ2n) is 6.36. The molecule has 2 heterocycles. The Labute approximate surface area is 125 Å². The van der Waals surface area contributed by atoms with Crippen molar-refractivity contribution in [3.63, 3.8) is 0 Å². The zero-order valence-corrected chi connectivity index (χ0v) is 12.5. The fourth-order valence-electron chi connectivity index (χ4n) is 3.96. The summed E-state index contributed by atoms with van der Waals surface area (Å²) < 4.78 is 5.19. The number of carboxylic acids is 1. The average Bonchev–Trinajstić information content (AvgIpc) is 2.49. The summed E-state index contributed by atoms with van der Waals surface area (Å²) in [5.74, 6) is 1.19. The van der Waals surface area contributed by atoms with Gasteiger partial charge in [-0.05, 0) is 48.8 Å². The molecule has 4 rings (SSSR count). The Hall–Kier alpha value is -1.55. The third-order valence-corrected chi connectivity index (χ3v) is 5.08. The molecule has 1 N–H and O–H groups in total. The van der Waals surface area contributed by atoms with E-state index < -0.39 is 5.97 Å². The summed E-state index contributed by atoms with van der Waals surface area (Å²) in [5.41, 5.74) is 1.30. The first-order chi connectivity index (χ1) is 10.2. The second kappa shape index (κ2) is 6.06. The molecular formula is C17H23NO3. The van der Waals surface area contributed by atoms with Crippen molar-refractivity contribution in [1.29, 1.82) is 0 Å². The molecule has 4 heteroatoms. The van der Waals surface area contributed by atoms with Crippen molar-refractivity contribution >= 4 is 5.97 Å². The molecule has 2 bridgehead atoms.